The number of hydrogen-bond donors (Lipinski definition) is 3. The molecule has 0 aromatic heterocycles. The predicted octanol–water partition coefficient (Wildman–Crippen LogP) is 1.64. The summed E-state index contributed by atoms with van der Waals surface area (Å²) in [6.45, 7) is 2.67. The molecule has 0 aliphatic heterocycles. The van der Waals surface area contributed by atoms with E-state index in [-0.39, 0.29) is 0 Å². The van der Waals surface area contributed by atoms with Crippen molar-refractivity contribution in [1.29, 1.82) is 0 Å². The summed E-state index contributed by atoms with van der Waals surface area (Å²) in [6, 6.07) is -1.20. The van der Waals surface area contributed by atoms with Crippen LogP contribution in [0.5, 0.6) is 0 Å². The molecule has 0 saturated carbocycles. The first-order valence-electron chi connectivity index (χ1n) is 5.95. The van der Waals surface area contributed by atoms with Gasteiger partial charge in [-0.25, -0.2) is 9.59 Å². The summed E-state index contributed by atoms with van der Waals surface area (Å²) in [5, 5.41) is 14.1. The third-order valence-electron chi connectivity index (χ3n) is 2.17. The molecule has 106 valence electrons. The topological polar surface area (TPSA) is 78.4 Å². The Hall–Kier alpha value is -0.560. The van der Waals surface area contributed by atoms with E-state index in [4.69, 9.17) is 5.11 Å². The normalized spacial score (nSPS) is 11.9. The van der Waals surface area contributed by atoms with Crippen molar-refractivity contribution in [3.63, 3.8) is 0 Å². The highest BCUT2D eigenvalue weighted by Crippen LogP contribution is 2.01. The van der Waals surface area contributed by atoms with Crippen molar-refractivity contribution in [3.05, 3.63) is 0 Å². The molecule has 0 aromatic carbocycles. The lowest BCUT2D eigenvalue weighted by atomic mass is 10.2. The summed E-state index contributed by atoms with van der Waals surface area (Å²) < 4.78 is 0. The van der Waals surface area contributed by atoms with Crippen molar-refractivity contribution < 1.29 is 14.7 Å². The van der Waals surface area contributed by atoms with E-state index in [0.29, 0.717) is 18.7 Å². The van der Waals surface area contributed by atoms with E-state index in [1.165, 1.54) is 0 Å². The van der Waals surface area contributed by atoms with Gasteiger partial charge in [-0.15, -0.1) is 0 Å². The van der Waals surface area contributed by atoms with Crippen molar-refractivity contribution in [2.75, 3.05) is 30.1 Å². The standard InChI is InChI=1S/C11H22N2O3S2/c1-3-18-7-4-6-12-11(16)13-9(10(14)15)5-8-17-2/h9H,3-8H2,1-2H3,(H,14,15)(H2,12,13,16). The second-order valence-electron chi connectivity index (χ2n) is 3.62. The molecule has 0 saturated heterocycles. The Morgan fingerprint density at radius 2 is 2.06 bits per heavy atom. The molecular weight excluding hydrogens is 272 g/mol. The monoisotopic (exact) mass is 294 g/mol. The zero-order valence-corrected chi connectivity index (χ0v) is 12.5. The maximum atomic E-state index is 11.5. The Kier molecular flexibility index (Phi) is 11.2. The van der Waals surface area contributed by atoms with Gasteiger partial charge >= 0.3 is 12.0 Å². The smallest absolute Gasteiger partial charge is 0.326 e. The molecule has 3 N–H and O–H groups in total. The summed E-state index contributed by atoms with van der Waals surface area (Å²) in [7, 11) is 0. The van der Waals surface area contributed by atoms with Crippen LogP contribution < -0.4 is 10.6 Å². The van der Waals surface area contributed by atoms with Crippen LogP contribution in [0.3, 0.4) is 0 Å². The van der Waals surface area contributed by atoms with Gasteiger partial charge in [0.15, 0.2) is 0 Å². The molecule has 5 nitrogen and oxygen atoms in total. The Bertz CT molecular complexity index is 252. The van der Waals surface area contributed by atoms with Crippen LogP contribution >= 0.6 is 23.5 Å². The number of aliphatic carboxylic acids is 1. The molecule has 0 bridgehead atoms. The average Bonchev–Trinajstić information content (AvgIpc) is 2.33. The van der Waals surface area contributed by atoms with Crippen LogP contribution in [-0.2, 0) is 4.79 Å². The fourth-order valence-corrected chi connectivity index (χ4v) is 2.33. The third-order valence-corrected chi connectivity index (χ3v) is 3.80. The Labute approximate surface area is 117 Å². The highest BCUT2D eigenvalue weighted by molar-refractivity contribution is 7.99. The fourth-order valence-electron chi connectivity index (χ4n) is 1.22. The fraction of sp³-hybridized carbons (Fsp3) is 0.818. The number of urea groups is 1. The van der Waals surface area contributed by atoms with Gasteiger partial charge in [-0.05, 0) is 36.4 Å². The van der Waals surface area contributed by atoms with Gasteiger partial charge in [0, 0.05) is 6.54 Å². The Morgan fingerprint density at radius 1 is 1.33 bits per heavy atom. The summed E-state index contributed by atoms with van der Waals surface area (Å²) in [5.41, 5.74) is 0. The van der Waals surface area contributed by atoms with Crippen molar-refractivity contribution in [3.8, 4) is 0 Å². The van der Waals surface area contributed by atoms with Crippen molar-refractivity contribution in [1.82, 2.24) is 10.6 Å². The molecule has 0 radical (unpaired) electrons. The zero-order valence-electron chi connectivity index (χ0n) is 10.9. The Morgan fingerprint density at radius 3 is 2.61 bits per heavy atom. The number of nitrogens with one attached hydrogen (secondary N) is 2. The molecule has 0 fully saturated rings. The average molecular weight is 294 g/mol. The SMILES string of the molecule is CCSCCCNC(=O)NC(CCSC)C(=O)O. The zero-order chi connectivity index (χ0) is 13.8. The van der Waals surface area contributed by atoms with Crippen LogP contribution in [0, 0.1) is 0 Å². The van der Waals surface area contributed by atoms with Gasteiger partial charge < -0.3 is 15.7 Å². The summed E-state index contributed by atoms with van der Waals surface area (Å²) in [4.78, 5) is 22.4. The van der Waals surface area contributed by atoms with E-state index in [1.807, 2.05) is 18.0 Å². The largest absolute Gasteiger partial charge is 0.480 e. The summed E-state index contributed by atoms with van der Waals surface area (Å²) in [5.74, 6) is 1.80. The van der Waals surface area contributed by atoms with E-state index in [1.54, 1.807) is 11.8 Å². The van der Waals surface area contributed by atoms with Crippen LogP contribution in [0.4, 0.5) is 4.79 Å². The van der Waals surface area contributed by atoms with Crippen LogP contribution in [0.25, 0.3) is 0 Å². The number of rotatable bonds is 10. The van der Waals surface area contributed by atoms with Crippen molar-refractivity contribution >= 4 is 35.5 Å². The molecule has 2 amide bonds. The Balaban J connectivity index is 3.77. The molecule has 0 aliphatic carbocycles. The molecule has 0 spiro atoms. The minimum absolute atomic E-state index is 0.398. The third kappa shape index (κ3) is 9.47. The minimum Gasteiger partial charge on any atom is -0.480 e. The molecule has 0 aromatic rings. The van der Waals surface area contributed by atoms with Gasteiger partial charge in [0.1, 0.15) is 6.04 Å². The molecule has 7 heteroatoms. The van der Waals surface area contributed by atoms with E-state index >= 15 is 0 Å². The molecule has 1 unspecified atom stereocenters. The number of carboxylic acids is 1. The molecule has 0 heterocycles. The maximum absolute atomic E-state index is 11.5. The number of hydrogen-bond acceptors (Lipinski definition) is 4. The van der Waals surface area contributed by atoms with Gasteiger partial charge in [0.25, 0.3) is 0 Å². The van der Waals surface area contributed by atoms with E-state index in [9.17, 15) is 9.59 Å². The number of carboxylic acid groups (broad SMARTS) is 1. The van der Waals surface area contributed by atoms with Crippen LogP contribution in [0.1, 0.15) is 19.8 Å². The lowest BCUT2D eigenvalue weighted by molar-refractivity contribution is -0.139. The van der Waals surface area contributed by atoms with Gasteiger partial charge in [-0.1, -0.05) is 6.92 Å². The van der Waals surface area contributed by atoms with E-state index < -0.39 is 18.0 Å². The molecule has 1 atom stereocenters. The number of thioether (sulfide) groups is 2. The van der Waals surface area contributed by atoms with E-state index in [0.717, 1.165) is 17.9 Å². The number of amides is 2. The van der Waals surface area contributed by atoms with Gasteiger partial charge in [0.05, 0.1) is 0 Å². The van der Waals surface area contributed by atoms with Gasteiger partial charge in [-0.3, -0.25) is 0 Å². The lowest BCUT2D eigenvalue weighted by Gasteiger charge is -2.14. The summed E-state index contributed by atoms with van der Waals surface area (Å²) >= 11 is 3.38. The van der Waals surface area contributed by atoms with Crippen molar-refractivity contribution in [2.45, 2.75) is 25.8 Å². The first-order valence-corrected chi connectivity index (χ1v) is 8.50. The second kappa shape index (κ2) is 11.5. The molecule has 18 heavy (non-hydrogen) atoms. The minimum atomic E-state index is -0.985. The van der Waals surface area contributed by atoms with Crippen molar-refractivity contribution in [2.24, 2.45) is 0 Å². The molecule has 0 rings (SSSR count). The lowest BCUT2D eigenvalue weighted by Crippen LogP contribution is -2.46. The predicted molar refractivity (Wildman–Crippen MR) is 78.6 cm³/mol. The highest BCUT2D eigenvalue weighted by Gasteiger charge is 2.18. The molecule has 0 aliphatic rings. The van der Waals surface area contributed by atoms with Gasteiger partial charge in [-0.2, -0.15) is 23.5 Å². The van der Waals surface area contributed by atoms with E-state index in [2.05, 4.69) is 17.6 Å². The number of carbonyl (C=O) groups excluding carboxylic acids is 1. The number of carbonyl (C=O) groups is 2. The first-order chi connectivity index (χ1) is 8.61. The first kappa shape index (κ1) is 17.4. The van der Waals surface area contributed by atoms with Gasteiger partial charge in [0.2, 0.25) is 0 Å². The second-order valence-corrected chi connectivity index (χ2v) is 6.00. The maximum Gasteiger partial charge on any atom is 0.326 e. The van der Waals surface area contributed by atoms with Crippen LogP contribution in [-0.4, -0.2) is 53.2 Å². The van der Waals surface area contributed by atoms with Crippen LogP contribution in [0.2, 0.25) is 0 Å². The summed E-state index contributed by atoms with van der Waals surface area (Å²) in [6.07, 6.45) is 3.24. The quantitative estimate of drug-likeness (QED) is 0.534. The molecular formula is C11H22N2O3S2. The van der Waals surface area contributed by atoms with Crippen LogP contribution in [0.15, 0.2) is 0 Å². The highest BCUT2D eigenvalue weighted by atomic mass is 32.2.